The van der Waals surface area contributed by atoms with E-state index < -0.39 is 6.10 Å². The van der Waals surface area contributed by atoms with Gasteiger partial charge in [0.1, 0.15) is 5.82 Å². The van der Waals surface area contributed by atoms with Crippen LogP contribution >= 0.6 is 0 Å². The lowest BCUT2D eigenvalue weighted by atomic mass is 10.2. The molecule has 1 aliphatic heterocycles. The number of β-amino-alcohol motifs (C(OH)–C–C–N with tert-alkyl or cyclic N) is 1. The third-order valence-electron chi connectivity index (χ3n) is 4.23. The van der Waals surface area contributed by atoms with Gasteiger partial charge in [-0.15, -0.1) is 0 Å². The van der Waals surface area contributed by atoms with E-state index in [-0.39, 0.29) is 0 Å². The molecule has 0 saturated carbocycles. The van der Waals surface area contributed by atoms with Crippen LogP contribution in [0.3, 0.4) is 0 Å². The first-order valence-corrected chi connectivity index (χ1v) is 7.56. The number of aromatic amines is 1. The number of aryl methyl sites for hydroxylation is 2. The van der Waals surface area contributed by atoms with Crippen molar-refractivity contribution in [3.05, 3.63) is 35.7 Å². The van der Waals surface area contributed by atoms with Crippen LogP contribution in [0.25, 0.3) is 0 Å². The number of rotatable bonds is 5. The van der Waals surface area contributed by atoms with E-state index in [9.17, 15) is 5.11 Å². The lowest BCUT2D eigenvalue weighted by molar-refractivity contribution is 0.0876. The van der Waals surface area contributed by atoms with Crippen LogP contribution in [0, 0.1) is 13.8 Å². The summed E-state index contributed by atoms with van der Waals surface area (Å²) in [5.74, 6) is 1.04. The first-order valence-electron chi connectivity index (χ1n) is 7.56. The van der Waals surface area contributed by atoms with Crippen molar-refractivity contribution in [1.29, 1.82) is 0 Å². The summed E-state index contributed by atoms with van der Waals surface area (Å²) in [7, 11) is 0. The maximum Gasteiger partial charge on any atom is 0.123 e. The monoisotopic (exact) mass is 289 g/mol. The van der Waals surface area contributed by atoms with Crippen LogP contribution < -0.4 is 0 Å². The van der Waals surface area contributed by atoms with Crippen LogP contribution in [0.4, 0.5) is 0 Å². The number of H-pyrrole nitrogens is 1. The summed E-state index contributed by atoms with van der Waals surface area (Å²) in [5.41, 5.74) is 2.20. The van der Waals surface area contributed by atoms with E-state index in [1.807, 2.05) is 19.2 Å². The van der Waals surface area contributed by atoms with Crippen molar-refractivity contribution in [3.63, 3.8) is 0 Å². The molecule has 1 fully saturated rings. The highest BCUT2D eigenvalue weighted by Crippen LogP contribution is 2.30. The Morgan fingerprint density at radius 3 is 2.95 bits per heavy atom. The maximum atomic E-state index is 10.3. The maximum absolute atomic E-state index is 10.3. The molecule has 3 rings (SSSR count). The fourth-order valence-corrected chi connectivity index (χ4v) is 3.04. The van der Waals surface area contributed by atoms with Gasteiger partial charge < -0.3 is 10.1 Å². The number of aliphatic hydroxyl groups excluding tert-OH is 1. The Hall–Kier alpha value is -1.66. The van der Waals surface area contributed by atoms with Gasteiger partial charge in [-0.3, -0.25) is 9.58 Å². The SMILES string of the molecule is Cc1nc(C2CCCN2CC(O)Cn2cccn2)[nH]c1C. The number of imidazole rings is 1. The molecule has 2 atom stereocenters. The molecule has 0 aromatic carbocycles. The number of hydrogen-bond donors (Lipinski definition) is 2. The molecule has 114 valence electrons. The van der Waals surface area contributed by atoms with E-state index in [2.05, 4.69) is 26.9 Å². The molecule has 0 amide bonds. The Labute approximate surface area is 124 Å². The van der Waals surface area contributed by atoms with Gasteiger partial charge in [-0.2, -0.15) is 5.10 Å². The van der Waals surface area contributed by atoms with Gasteiger partial charge in [-0.05, 0) is 39.3 Å². The summed E-state index contributed by atoms with van der Waals surface area (Å²) in [6.07, 6.45) is 5.45. The van der Waals surface area contributed by atoms with Crippen LogP contribution in [0.1, 0.15) is 36.1 Å². The molecule has 3 heterocycles. The highest BCUT2D eigenvalue weighted by Gasteiger charge is 2.29. The van der Waals surface area contributed by atoms with E-state index in [0.29, 0.717) is 19.1 Å². The van der Waals surface area contributed by atoms with Gasteiger partial charge in [0.2, 0.25) is 0 Å². The van der Waals surface area contributed by atoms with Crippen LogP contribution in [-0.2, 0) is 6.54 Å². The molecule has 2 unspecified atom stereocenters. The van der Waals surface area contributed by atoms with Crippen molar-refractivity contribution in [2.75, 3.05) is 13.1 Å². The standard InChI is InChI=1S/C15H23N5O/c1-11-12(2)18-15(17-11)14-5-3-7-19(14)9-13(21)10-20-8-4-6-16-20/h4,6,8,13-14,21H,3,5,7,9-10H2,1-2H3,(H,17,18). The Kier molecular flexibility index (Phi) is 4.07. The second-order valence-electron chi connectivity index (χ2n) is 5.87. The molecular weight excluding hydrogens is 266 g/mol. The molecule has 0 radical (unpaired) electrons. The highest BCUT2D eigenvalue weighted by molar-refractivity contribution is 5.14. The molecule has 0 spiro atoms. The van der Waals surface area contributed by atoms with Crippen molar-refractivity contribution in [1.82, 2.24) is 24.6 Å². The van der Waals surface area contributed by atoms with Gasteiger partial charge in [0.05, 0.1) is 24.4 Å². The third-order valence-corrected chi connectivity index (χ3v) is 4.23. The molecule has 1 aliphatic rings. The lowest BCUT2D eigenvalue weighted by Crippen LogP contribution is -2.35. The van der Waals surface area contributed by atoms with Crippen molar-refractivity contribution in [2.45, 2.75) is 45.4 Å². The highest BCUT2D eigenvalue weighted by atomic mass is 16.3. The molecule has 0 aliphatic carbocycles. The van der Waals surface area contributed by atoms with E-state index >= 15 is 0 Å². The molecular formula is C15H23N5O. The molecule has 2 N–H and O–H groups in total. The molecule has 6 heteroatoms. The van der Waals surface area contributed by atoms with Gasteiger partial charge in [-0.25, -0.2) is 4.98 Å². The minimum atomic E-state index is -0.414. The number of likely N-dealkylation sites (tertiary alicyclic amines) is 1. The Bertz CT molecular complexity index is 557. The van der Waals surface area contributed by atoms with Gasteiger partial charge in [-0.1, -0.05) is 0 Å². The van der Waals surface area contributed by atoms with Gasteiger partial charge in [0.25, 0.3) is 0 Å². The predicted molar refractivity (Wildman–Crippen MR) is 79.8 cm³/mol. The largest absolute Gasteiger partial charge is 0.390 e. The second kappa shape index (κ2) is 5.99. The normalized spacial score (nSPS) is 21.0. The van der Waals surface area contributed by atoms with Gasteiger partial charge in [0.15, 0.2) is 0 Å². The fourth-order valence-electron chi connectivity index (χ4n) is 3.04. The second-order valence-corrected chi connectivity index (χ2v) is 5.87. The zero-order valence-electron chi connectivity index (χ0n) is 12.7. The lowest BCUT2D eigenvalue weighted by Gasteiger charge is -2.25. The summed E-state index contributed by atoms with van der Waals surface area (Å²) in [6, 6.07) is 2.17. The third kappa shape index (κ3) is 3.16. The topological polar surface area (TPSA) is 70.0 Å². The zero-order chi connectivity index (χ0) is 14.8. The van der Waals surface area contributed by atoms with Gasteiger partial charge in [0, 0.05) is 24.6 Å². The fraction of sp³-hybridized carbons (Fsp3) is 0.600. The van der Waals surface area contributed by atoms with Crippen LogP contribution in [0.15, 0.2) is 18.5 Å². The predicted octanol–water partition coefficient (Wildman–Crippen LogP) is 1.42. The molecule has 2 aromatic rings. The van der Waals surface area contributed by atoms with E-state index in [1.165, 1.54) is 0 Å². The van der Waals surface area contributed by atoms with E-state index in [1.54, 1.807) is 10.9 Å². The van der Waals surface area contributed by atoms with Crippen LogP contribution in [0.5, 0.6) is 0 Å². The molecule has 2 aromatic heterocycles. The average Bonchev–Trinajstić information content (AvgIpc) is 3.14. The first kappa shape index (κ1) is 14.3. The number of aliphatic hydroxyl groups is 1. The molecule has 0 bridgehead atoms. The minimum Gasteiger partial charge on any atom is -0.390 e. The summed E-state index contributed by atoms with van der Waals surface area (Å²) in [4.78, 5) is 10.3. The quantitative estimate of drug-likeness (QED) is 0.873. The Morgan fingerprint density at radius 2 is 2.29 bits per heavy atom. The summed E-state index contributed by atoms with van der Waals surface area (Å²) < 4.78 is 1.77. The zero-order valence-corrected chi connectivity index (χ0v) is 12.7. The average molecular weight is 289 g/mol. The minimum absolute atomic E-state index is 0.296. The van der Waals surface area contributed by atoms with Crippen molar-refractivity contribution >= 4 is 0 Å². The smallest absolute Gasteiger partial charge is 0.123 e. The Morgan fingerprint density at radius 1 is 1.43 bits per heavy atom. The first-order chi connectivity index (χ1) is 10.1. The van der Waals surface area contributed by atoms with Crippen molar-refractivity contribution < 1.29 is 5.11 Å². The molecule has 1 saturated heterocycles. The summed E-state index contributed by atoms with van der Waals surface area (Å²) in [5, 5.41) is 14.4. The van der Waals surface area contributed by atoms with Crippen LogP contribution in [-0.4, -0.2) is 48.9 Å². The Balaban J connectivity index is 1.64. The van der Waals surface area contributed by atoms with E-state index in [4.69, 9.17) is 0 Å². The van der Waals surface area contributed by atoms with Crippen molar-refractivity contribution in [2.24, 2.45) is 0 Å². The van der Waals surface area contributed by atoms with Crippen LogP contribution in [0.2, 0.25) is 0 Å². The van der Waals surface area contributed by atoms with E-state index in [0.717, 1.165) is 36.6 Å². The molecule has 6 nitrogen and oxygen atoms in total. The number of nitrogens with zero attached hydrogens (tertiary/aromatic N) is 4. The van der Waals surface area contributed by atoms with Gasteiger partial charge >= 0.3 is 0 Å². The number of hydrogen-bond acceptors (Lipinski definition) is 4. The number of aromatic nitrogens is 4. The van der Waals surface area contributed by atoms with Crippen molar-refractivity contribution in [3.8, 4) is 0 Å². The summed E-state index contributed by atoms with van der Waals surface area (Å²) >= 11 is 0. The molecule has 21 heavy (non-hydrogen) atoms. The number of nitrogens with one attached hydrogen (secondary N) is 1. The summed E-state index contributed by atoms with van der Waals surface area (Å²) in [6.45, 7) is 6.29.